The van der Waals surface area contributed by atoms with Crippen LogP contribution in [-0.2, 0) is 0 Å². The third-order valence-electron chi connectivity index (χ3n) is 4.74. The Labute approximate surface area is 135 Å². The minimum atomic E-state index is -0.422. The van der Waals surface area contributed by atoms with E-state index in [1.807, 2.05) is 32.1 Å². The summed E-state index contributed by atoms with van der Waals surface area (Å²) in [4.78, 5) is 0. The van der Waals surface area contributed by atoms with E-state index < -0.39 is 6.10 Å². The predicted octanol–water partition coefficient (Wildman–Crippen LogP) is 4.71. The molecule has 2 heteroatoms. The molecule has 124 valence electrons. The Morgan fingerprint density at radius 2 is 2.00 bits per heavy atom. The van der Waals surface area contributed by atoms with Gasteiger partial charge in [0, 0.05) is 0 Å². The minimum Gasteiger partial charge on any atom is -0.392 e. The van der Waals surface area contributed by atoms with E-state index in [0.29, 0.717) is 0 Å². The van der Waals surface area contributed by atoms with Gasteiger partial charge < -0.3 is 10.2 Å². The van der Waals surface area contributed by atoms with Crippen molar-refractivity contribution in [3.05, 3.63) is 46.6 Å². The lowest BCUT2D eigenvalue weighted by molar-refractivity contribution is 0.196. The van der Waals surface area contributed by atoms with E-state index in [4.69, 9.17) is 5.11 Å². The fraction of sp³-hybridized carbons (Fsp3) is 0.600. The third-order valence-corrected chi connectivity index (χ3v) is 4.74. The Hall–Kier alpha value is -1.12. The molecule has 0 radical (unpaired) electrons. The summed E-state index contributed by atoms with van der Waals surface area (Å²) in [6.07, 6.45) is 11.6. The van der Waals surface area contributed by atoms with E-state index in [2.05, 4.69) is 20.8 Å². The number of aliphatic hydroxyl groups is 2. The molecule has 0 amide bonds. The molecule has 1 aliphatic rings. The smallest absolute Gasteiger partial charge is 0.0787 e. The number of allylic oxidation sites excluding steroid dienone is 5. The number of rotatable bonds is 6. The molecule has 1 rings (SSSR count). The predicted molar refractivity (Wildman–Crippen MR) is 94.7 cm³/mol. The van der Waals surface area contributed by atoms with Crippen LogP contribution in [0, 0.1) is 5.41 Å². The first-order valence-electron chi connectivity index (χ1n) is 8.27. The summed E-state index contributed by atoms with van der Waals surface area (Å²) in [6.45, 7) is 10.8. The normalized spacial score (nSPS) is 21.6. The van der Waals surface area contributed by atoms with E-state index in [9.17, 15) is 5.11 Å². The second-order valence-electron chi connectivity index (χ2n) is 7.12. The Kier molecular flexibility index (Phi) is 7.31. The van der Waals surface area contributed by atoms with Gasteiger partial charge in [-0.25, -0.2) is 0 Å². The Morgan fingerprint density at radius 1 is 1.32 bits per heavy atom. The molecule has 0 aromatic rings. The summed E-state index contributed by atoms with van der Waals surface area (Å²) in [7, 11) is 0. The lowest BCUT2D eigenvalue weighted by Gasteiger charge is -2.35. The van der Waals surface area contributed by atoms with Gasteiger partial charge in [0.15, 0.2) is 0 Å². The van der Waals surface area contributed by atoms with Crippen LogP contribution >= 0.6 is 0 Å². The number of aliphatic hydroxyl groups excluding tert-OH is 2. The lowest BCUT2D eigenvalue weighted by Crippen LogP contribution is -2.24. The molecular formula is C20H32O2. The molecule has 0 aromatic heterocycles. The molecule has 1 unspecified atom stereocenters. The van der Waals surface area contributed by atoms with Crippen molar-refractivity contribution >= 4 is 0 Å². The van der Waals surface area contributed by atoms with E-state index >= 15 is 0 Å². The molecule has 1 aliphatic carbocycles. The molecule has 0 bridgehead atoms. The molecule has 2 N–H and O–H groups in total. The lowest BCUT2D eigenvalue weighted by atomic mass is 9.70. The fourth-order valence-corrected chi connectivity index (χ4v) is 3.15. The van der Waals surface area contributed by atoms with E-state index in [1.165, 1.54) is 30.4 Å². The van der Waals surface area contributed by atoms with Crippen molar-refractivity contribution in [1.29, 1.82) is 0 Å². The van der Waals surface area contributed by atoms with Gasteiger partial charge in [0.05, 0.1) is 12.7 Å². The van der Waals surface area contributed by atoms with Crippen LogP contribution in [0.15, 0.2) is 46.6 Å². The van der Waals surface area contributed by atoms with Crippen LogP contribution in [0.2, 0.25) is 0 Å². The van der Waals surface area contributed by atoms with Gasteiger partial charge in [0.2, 0.25) is 0 Å². The van der Waals surface area contributed by atoms with E-state index in [0.717, 1.165) is 17.6 Å². The van der Waals surface area contributed by atoms with Gasteiger partial charge in [0.25, 0.3) is 0 Å². The first kappa shape index (κ1) is 18.9. The second kappa shape index (κ2) is 8.50. The monoisotopic (exact) mass is 304 g/mol. The van der Waals surface area contributed by atoms with Crippen LogP contribution in [0.1, 0.15) is 60.3 Å². The zero-order valence-corrected chi connectivity index (χ0v) is 14.8. The highest BCUT2D eigenvalue weighted by Gasteiger charge is 2.29. The molecule has 1 atom stereocenters. The van der Waals surface area contributed by atoms with Crippen LogP contribution in [0.4, 0.5) is 0 Å². The highest BCUT2D eigenvalue weighted by Crippen LogP contribution is 2.42. The Balaban J connectivity index is 2.75. The molecule has 0 aromatic carbocycles. The molecule has 0 aliphatic heterocycles. The van der Waals surface area contributed by atoms with Gasteiger partial charge in [-0.05, 0) is 57.4 Å². The molecule has 0 spiro atoms. The summed E-state index contributed by atoms with van der Waals surface area (Å²) in [6, 6.07) is 0. The molecule has 0 saturated heterocycles. The second-order valence-corrected chi connectivity index (χ2v) is 7.12. The summed E-state index contributed by atoms with van der Waals surface area (Å²) >= 11 is 0. The molecule has 22 heavy (non-hydrogen) atoms. The highest BCUT2D eigenvalue weighted by atomic mass is 16.3. The highest BCUT2D eigenvalue weighted by molar-refractivity contribution is 5.27. The summed E-state index contributed by atoms with van der Waals surface area (Å²) in [5.41, 5.74) is 5.10. The zero-order chi connectivity index (χ0) is 16.8. The maximum absolute atomic E-state index is 10.5. The van der Waals surface area contributed by atoms with Gasteiger partial charge in [0.1, 0.15) is 0 Å². The fourth-order valence-electron chi connectivity index (χ4n) is 3.15. The summed E-state index contributed by atoms with van der Waals surface area (Å²) in [5, 5.41) is 19.3. The van der Waals surface area contributed by atoms with Crippen molar-refractivity contribution in [2.45, 2.75) is 66.4 Å². The largest absolute Gasteiger partial charge is 0.392 e. The SMILES string of the molecule is CC(=CCO)/C=C/C=C(C)C(O)CC1=C(C)CCCC1(C)C. The van der Waals surface area contributed by atoms with Crippen LogP contribution in [0.3, 0.4) is 0 Å². The van der Waals surface area contributed by atoms with Crippen LogP contribution in [0.5, 0.6) is 0 Å². The van der Waals surface area contributed by atoms with Crippen molar-refractivity contribution in [3.63, 3.8) is 0 Å². The average Bonchev–Trinajstić information content (AvgIpc) is 2.42. The maximum atomic E-state index is 10.5. The third kappa shape index (κ3) is 5.58. The standard InChI is InChI=1S/C20H32O2/c1-15(11-13-21)8-6-9-17(3)19(22)14-18-16(2)10-7-12-20(18,4)5/h6,8-9,11,19,21-22H,7,10,12-14H2,1-5H3/b8-6+,15-11?,17-9?. The molecule has 0 fully saturated rings. The van der Waals surface area contributed by atoms with Crippen molar-refractivity contribution in [2.75, 3.05) is 6.61 Å². The van der Waals surface area contributed by atoms with Crippen LogP contribution < -0.4 is 0 Å². The van der Waals surface area contributed by atoms with Gasteiger partial charge in [-0.3, -0.25) is 0 Å². The molecule has 0 heterocycles. The first-order valence-corrected chi connectivity index (χ1v) is 8.27. The minimum absolute atomic E-state index is 0.0595. The molecule has 0 saturated carbocycles. The number of hydrogen-bond donors (Lipinski definition) is 2. The van der Waals surface area contributed by atoms with Crippen molar-refractivity contribution in [2.24, 2.45) is 5.41 Å². The van der Waals surface area contributed by atoms with Crippen LogP contribution in [0.25, 0.3) is 0 Å². The first-order chi connectivity index (χ1) is 10.3. The zero-order valence-electron chi connectivity index (χ0n) is 14.8. The van der Waals surface area contributed by atoms with Crippen molar-refractivity contribution < 1.29 is 10.2 Å². The summed E-state index contributed by atoms with van der Waals surface area (Å²) < 4.78 is 0. The number of hydrogen-bond acceptors (Lipinski definition) is 2. The van der Waals surface area contributed by atoms with Gasteiger partial charge in [-0.2, -0.15) is 0 Å². The average molecular weight is 304 g/mol. The van der Waals surface area contributed by atoms with E-state index in [-0.39, 0.29) is 12.0 Å². The van der Waals surface area contributed by atoms with E-state index in [1.54, 1.807) is 6.08 Å². The Morgan fingerprint density at radius 3 is 2.59 bits per heavy atom. The molecule has 2 nitrogen and oxygen atoms in total. The van der Waals surface area contributed by atoms with Crippen LogP contribution in [-0.4, -0.2) is 22.9 Å². The van der Waals surface area contributed by atoms with Gasteiger partial charge >= 0.3 is 0 Å². The molecular weight excluding hydrogens is 272 g/mol. The Bertz CT molecular complexity index is 490. The topological polar surface area (TPSA) is 40.5 Å². The van der Waals surface area contributed by atoms with Gasteiger partial charge in [-0.1, -0.05) is 54.9 Å². The maximum Gasteiger partial charge on any atom is 0.0787 e. The summed E-state index contributed by atoms with van der Waals surface area (Å²) in [5.74, 6) is 0. The van der Waals surface area contributed by atoms with Gasteiger partial charge in [-0.15, -0.1) is 0 Å². The van der Waals surface area contributed by atoms with Crippen molar-refractivity contribution in [1.82, 2.24) is 0 Å². The quantitative estimate of drug-likeness (QED) is 0.551. The van der Waals surface area contributed by atoms with Crippen molar-refractivity contribution in [3.8, 4) is 0 Å².